The molecule has 7 nitrogen and oxygen atoms in total. The maximum absolute atomic E-state index is 13.0. The summed E-state index contributed by atoms with van der Waals surface area (Å²) in [7, 11) is -3.78. The molecule has 0 bridgehead atoms. The minimum atomic E-state index is -3.78. The molecule has 1 heterocycles. The minimum absolute atomic E-state index is 0.100. The molecule has 1 fully saturated rings. The van der Waals surface area contributed by atoms with Crippen molar-refractivity contribution in [1.82, 2.24) is 4.72 Å². The van der Waals surface area contributed by atoms with Crippen LogP contribution in [0.3, 0.4) is 0 Å². The van der Waals surface area contributed by atoms with Crippen molar-refractivity contribution in [2.45, 2.75) is 43.7 Å². The molecule has 1 saturated heterocycles. The summed E-state index contributed by atoms with van der Waals surface area (Å²) >= 11 is 5.99. The number of nitrogens with one attached hydrogen (secondary N) is 1. The lowest BCUT2D eigenvalue weighted by atomic mass is 10.1. The van der Waals surface area contributed by atoms with Gasteiger partial charge in [-0.3, -0.25) is 0 Å². The average molecular weight is 456 g/mol. The van der Waals surface area contributed by atoms with E-state index in [4.69, 9.17) is 16.3 Å². The van der Waals surface area contributed by atoms with Gasteiger partial charge in [0.05, 0.1) is 24.1 Å². The molecule has 0 radical (unpaired) electrons. The molecule has 2 aromatic carbocycles. The topological polar surface area (TPSA) is 92.7 Å². The van der Waals surface area contributed by atoms with Gasteiger partial charge in [0, 0.05) is 11.4 Å². The molecule has 2 atom stereocenters. The molecule has 2 N–H and O–H groups in total. The molecule has 9 heteroatoms. The Morgan fingerprint density at radius 1 is 1.23 bits per heavy atom. The van der Waals surface area contributed by atoms with Crippen LogP contribution in [0.4, 0.5) is 4.79 Å². The van der Waals surface area contributed by atoms with Gasteiger partial charge in [-0.1, -0.05) is 23.7 Å². The van der Waals surface area contributed by atoms with Crippen LogP contribution in [-0.4, -0.2) is 62.0 Å². The van der Waals surface area contributed by atoms with E-state index in [1.165, 1.54) is 0 Å². The molecule has 0 saturated carbocycles. The van der Waals surface area contributed by atoms with E-state index in [0.717, 1.165) is 10.8 Å². The normalized spacial score (nSPS) is 22.4. The number of halogens is 1. The fourth-order valence-electron chi connectivity index (χ4n) is 3.76. The van der Waals surface area contributed by atoms with Crippen LogP contribution in [0.15, 0.2) is 41.3 Å². The smallest absolute Gasteiger partial charge is 0.414 e. The third-order valence-corrected chi connectivity index (χ3v) is 6.94. The van der Waals surface area contributed by atoms with E-state index in [1.807, 2.05) is 0 Å². The molecule has 2 aromatic rings. The second-order valence-electron chi connectivity index (χ2n) is 8.74. The van der Waals surface area contributed by atoms with Crippen LogP contribution in [0.25, 0.3) is 10.8 Å². The molecule has 164 valence electrons. The first kappa shape index (κ1) is 23.0. The Kier molecular flexibility index (Phi) is 6.46. The van der Waals surface area contributed by atoms with E-state index in [9.17, 15) is 18.3 Å². The Balaban J connectivity index is 1.78. The van der Waals surface area contributed by atoms with Gasteiger partial charge >= 0.3 is 6.09 Å². The van der Waals surface area contributed by atoms with Crippen molar-refractivity contribution >= 4 is 38.5 Å². The number of hydrogen-bond acceptors (Lipinski definition) is 5. The number of sulfonamides is 1. The zero-order chi connectivity index (χ0) is 22.2. The molecule has 1 amide bonds. The number of rotatable bonds is 5. The van der Waals surface area contributed by atoms with Crippen molar-refractivity contribution in [3.63, 3.8) is 0 Å². The summed E-state index contributed by atoms with van der Waals surface area (Å²) in [6.45, 7) is 5.98. The van der Waals surface area contributed by atoms with Gasteiger partial charge in [-0.05, 0) is 55.8 Å². The molecule has 3 rings (SSSR count). The van der Waals surface area contributed by atoms with Gasteiger partial charge in [0.2, 0.25) is 10.0 Å². The number of amides is 1. The van der Waals surface area contributed by atoms with Crippen molar-refractivity contribution in [3.8, 4) is 0 Å². The number of nitrogens with zero attached hydrogens (tertiary/aromatic N) is 1. The highest BCUT2D eigenvalue weighted by atomic mass is 35.5. The summed E-state index contributed by atoms with van der Waals surface area (Å²) in [4.78, 5) is 12.9. The van der Waals surface area contributed by atoms with Crippen LogP contribution in [0.1, 0.15) is 27.2 Å². The highest BCUT2D eigenvalue weighted by molar-refractivity contribution is 7.89. The number of carbonyl (C=O) groups is 1. The van der Waals surface area contributed by atoms with Gasteiger partial charge in [-0.25, -0.2) is 17.6 Å². The number of hydrogen-bond donors (Lipinski definition) is 2. The fraction of sp³-hybridized carbons (Fsp3) is 0.476. The fourth-order valence-corrected chi connectivity index (χ4v) is 5.24. The molecule has 2 unspecified atom stereocenters. The van der Waals surface area contributed by atoms with Gasteiger partial charge < -0.3 is 9.84 Å². The number of ether oxygens (including phenoxy) is 1. The quantitative estimate of drug-likeness (QED) is 0.675. The lowest BCUT2D eigenvalue weighted by Crippen LogP contribution is -2.56. The van der Waals surface area contributed by atoms with E-state index < -0.39 is 27.8 Å². The lowest BCUT2D eigenvalue weighted by molar-refractivity contribution is -0.847. The summed E-state index contributed by atoms with van der Waals surface area (Å²) in [6.07, 6.45) is 0.0302. The molecular weight excluding hydrogens is 428 g/mol. The van der Waals surface area contributed by atoms with Gasteiger partial charge in [-0.2, -0.15) is 4.79 Å². The molecule has 1 aliphatic heterocycles. The predicted octanol–water partition coefficient (Wildman–Crippen LogP) is 3.29. The number of likely N-dealkylation sites (tertiary alicyclic amines) is 1. The third-order valence-electron chi connectivity index (χ3n) is 5.19. The zero-order valence-electron chi connectivity index (χ0n) is 17.4. The Labute approximate surface area is 182 Å². The maximum Gasteiger partial charge on any atom is 0.516 e. The van der Waals surface area contributed by atoms with Gasteiger partial charge in [0.25, 0.3) is 0 Å². The predicted molar refractivity (Wildman–Crippen MR) is 116 cm³/mol. The first-order valence-corrected chi connectivity index (χ1v) is 11.7. The SMILES string of the molecule is CC(C)(C)OC(=O)[N+]1(CCO)CCC(NS(=O)(=O)c2ccc3cc(Cl)ccc3c2)C1. The summed E-state index contributed by atoms with van der Waals surface area (Å²) in [5, 5.41) is 11.7. The zero-order valence-corrected chi connectivity index (χ0v) is 19.0. The number of benzene rings is 2. The van der Waals surface area contributed by atoms with E-state index >= 15 is 0 Å². The Morgan fingerprint density at radius 2 is 1.90 bits per heavy atom. The molecule has 0 spiro atoms. The van der Waals surface area contributed by atoms with E-state index in [1.54, 1.807) is 57.2 Å². The van der Waals surface area contributed by atoms with Crippen LogP contribution < -0.4 is 4.72 Å². The number of aliphatic hydroxyl groups is 1. The third kappa shape index (κ3) is 5.12. The maximum atomic E-state index is 13.0. The van der Waals surface area contributed by atoms with E-state index in [-0.39, 0.29) is 29.1 Å². The minimum Gasteiger partial charge on any atom is -0.414 e. The summed E-state index contributed by atoms with van der Waals surface area (Å²) in [5.74, 6) is 0. The standard InChI is InChI=1S/C21H28ClN2O5S/c1-21(2,3)29-20(26)24(10-11-25)9-8-18(14-24)23-30(27,28)19-7-5-15-12-17(22)6-4-16(15)13-19/h4-7,12-13,18,23,25H,8-11,14H2,1-3H3/q+1. The number of carbonyl (C=O) groups excluding carboxylic acids is 1. The van der Waals surface area contributed by atoms with Crippen LogP contribution in [0.2, 0.25) is 5.02 Å². The summed E-state index contributed by atoms with van der Waals surface area (Å²) in [5.41, 5.74) is -0.663. The first-order valence-electron chi connectivity index (χ1n) is 9.86. The van der Waals surface area contributed by atoms with Crippen molar-refractivity contribution < 1.29 is 27.5 Å². The second kappa shape index (κ2) is 8.43. The number of quaternary nitrogens is 1. The van der Waals surface area contributed by atoms with E-state index in [0.29, 0.717) is 18.0 Å². The Hall–Kier alpha value is -1.71. The Bertz CT molecular complexity index is 1050. The largest absolute Gasteiger partial charge is 0.516 e. The van der Waals surface area contributed by atoms with Crippen LogP contribution >= 0.6 is 11.6 Å². The first-order chi connectivity index (χ1) is 13.9. The molecule has 0 aliphatic carbocycles. The van der Waals surface area contributed by atoms with E-state index in [2.05, 4.69) is 4.72 Å². The highest BCUT2D eigenvalue weighted by Crippen LogP contribution is 2.27. The Morgan fingerprint density at radius 3 is 2.57 bits per heavy atom. The van der Waals surface area contributed by atoms with Crippen LogP contribution in [0.5, 0.6) is 0 Å². The highest BCUT2D eigenvalue weighted by Gasteiger charge is 2.48. The van der Waals surface area contributed by atoms with Crippen molar-refractivity contribution in [2.75, 3.05) is 26.2 Å². The summed E-state index contributed by atoms with van der Waals surface area (Å²) < 4.78 is 34.1. The van der Waals surface area contributed by atoms with Crippen molar-refractivity contribution in [3.05, 3.63) is 41.4 Å². The molecular formula is C21H28ClN2O5S+. The van der Waals surface area contributed by atoms with Crippen molar-refractivity contribution in [1.29, 1.82) is 0 Å². The number of aliphatic hydroxyl groups excluding tert-OH is 1. The van der Waals surface area contributed by atoms with Crippen LogP contribution in [-0.2, 0) is 14.8 Å². The van der Waals surface area contributed by atoms with Gasteiger partial charge in [-0.15, -0.1) is 0 Å². The van der Waals surface area contributed by atoms with Gasteiger partial charge in [0.15, 0.2) is 0 Å². The van der Waals surface area contributed by atoms with Crippen LogP contribution in [0, 0.1) is 0 Å². The monoisotopic (exact) mass is 455 g/mol. The molecule has 30 heavy (non-hydrogen) atoms. The molecule has 0 aromatic heterocycles. The second-order valence-corrected chi connectivity index (χ2v) is 10.9. The van der Waals surface area contributed by atoms with Crippen molar-refractivity contribution in [2.24, 2.45) is 0 Å². The summed E-state index contributed by atoms with van der Waals surface area (Å²) in [6, 6.07) is 9.70. The molecule has 1 aliphatic rings. The van der Waals surface area contributed by atoms with Gasteiger partial charge in [0.1, 0.15) is 18.7 Å². The average Bonchev–Trinajstić information content (AvgIpc) is 3.03. The number of fused-ring (bicyclic) bond motifs is 1. The lowest BCUT2D eigenvalue weighted by Gasteiger charge is -2.32.